The molecule has 2 aromatic heterocycles. The van der Waals surface area contributed by atoms with Crippen LogP contribution in [0.5, 0.6) is 5.75 Å². The number of hydrogen-bond donors (Lipinski definition) is 2. The second kappa shape index (κ2) is 11.9. The van der Waals surface area contributed by atoms with Crippen LogP contribution in [-0.4, -0.2) is 49.5 Å². The number of nitrogens with one attached hydrogen (secondary N) is 2. The van der Waals surface area contributed by atoms with Crippen LogP contribution in [0.2, 0.25) is 0 Å². The predicted octanol–water partition coefficient (Wildman–Crippen LogP) is 7.90. The standard InChI is InChI=1S/C31H29F6N3O4/c1-29(2,3)14-22(41)20-12-17(8-11-23(20)43-5)19-13-21-24(27(42)38-4)25(16-6-9-18(32)10-7-16)44-28(21)40-26(19)39-15-30(33,34)31(35,36)37/h6-13H,14-15H2,1-5H3,(H,38,42)(H,39,40)/i1D3,2D3,3D3. The Labute approximate surface area is 261 Å². The number of furan rings is 1. The lowest BCUT2D eigenvalue weighted by atomic mass is 9.87. The van der Waals surface area contributed by atoms with E-state index in [2.05, 4.69) is 10.3 Å². The molecule has 0 aliphatic heterocycles. The third-order valence-corrected chi connectivity index (χ3v) is 6.37. The molecule has 1 amide bonds. The number of rotatable bonds is 9. The van der Waals surface area contributed by atoms with Gasteiger partial charge < -0.3 is 19.8 Å². The molecule has 0 aliphatic rings. The maximum absolute atomic E-state index is 14.1. The summed E-state index contributed by atoms with van der Waals surface area (Å²) in [5.74, 6) is -9.32. The lowest BCUT2D eigenvalue weighted by Gasteiger charge is -2.21. The topological polar surface area (TPSA) is 93.5 Å². The van der Waals surface area contributed by atoms with E-state index >= 15 is 0 Å². The van der Waals surface area contributed by atoms with E-state index in [9.17, 15) is 35.9 Å². The number of aromatic nitrogens is 1. The van der Waals surface area contributed by atoms with Crippen LogP contribution in [0.3, 0.4) is 0 Å². The Balaban J connectivity index is 2.02. The summed E-state index contributed by atoms with van der Waals surface area (Å²) in [5, 5.41) is 4.15. The van der Waals surface area contributed by atoms with Gasteiger partial charge in [-0.3, -0.25) is 9.59 Å². The molecule has 0 radical (unpaired) electrons. The molecule has 7 nitrogen and oxygen atoms in total. The van der Waals surface area contributed by atoms with Crippen molar-refractivity contribution < 1.29 is 57.4 Å². The first kappa shape index (κ1) is 22.0. The molecule has 2 heterocycles. The monoisotopic (exact) mass is 630 g/mol. The minimum Gasteiger partial charge on any atom is -0.496 e. The van der Waals surface area contributed by atoms with Gasteiger partial charge in [-0.25, -0.2) is 4.39 Å². The first-order chi connectivity index (χ1) is 24.2. The molecule has 2 N–H and O–H groups in total. The number of ether oxygens (including phenoxy) is 1. The number of Topliss-reactive ketones (excluding diaryl/α,β-unsaturated/α-hetero) is 1. The van der Waals surface area contributed by atoms with Crippen molar-refractivity contribution >= 4 is 28.6 Å². The highest BCUT2D eigenvalue weighted by Crippen LogP contribution is 2.41. The fourth-order valence-electron chi connectivity index (χ4n) is 4.26. The van der Waals surface area contributed by atoms with Crippen molar-refractivity contribution in [3.05, 3.63) is 65.5 Å². The molecule has 0 fully saturated rings. The van der Waals surface area contributed by atoms with Crippen LogP contribution in [0.25, 0.3) is 33.6 Å². The second-order valence-electron chi connectivity index (χ2n) is 9.61. The highest BCUT2D eigenvalue weighted by molar-refractivity contribution is 6.12. The number of nitrogens with zero attached hydrogens (tertiary/aromatic N) is 1. The summed E-state index contributed by atoms with van der Waals surface area (Å²) in [5.41, 5.74) is -5.26. The van der Waals surface area contributed by atoms with Gasteiger partial charge >= 0.3 is 12.1 Å². The van der Waals surface area contributed by atoms with Crippen molar-refractivity contribution in [3.63, 3.8) is 0 Å². The number of pyridine rings is 1. The highest BCUT2D eigenvalue weighted by atomic mass is 19.4. The number of halogens is 6. The number of hydrogen-bond acceptors (Lipinski definition) is 6. The van der Waals surface area contributed by atoms with Crippen LogP contribution in [0.4, 0.5) is 32.2 Å². The number of carbonyl (C=O) groups is 2. The summed E-state index contributed by atoms with van der Waals surface area (Å²) in [6, 6.07) is 8.85. The summed E-state index contributed by atoms with van der Waals surface area (Å²) in [7, 11) is 2.31. The first-order valence-electron chi connectivity index (χ1n) is 17.1. The molecule has 13 heteroatoms. The zero-order chi connectivity index (χ0) is 40.1. The Morgan fingerprint density at radius 2 is 1.66 bits per heavy atom. The van der Waals surface area contributed by atoms with Gasteiger partial charge in [-0.1, -0.05) is 26.6 Å². The molecule has 0 aliphatic carbocycles. The van der Waals surface area contributed by atoms with Gasteiger partial charge in [0.25, 0.3) is 5.91 Å². The molecule has 44 heavy (non-hydrogen) atoms. The Hall–Kier alpha value is -4.55. The summed E-state index contributed by atoms with van der Waals surface area (Å²) < 4.78 is 163. The lowest BCUT2D eigenvalue weighted by Crippen LogP contribution is -2.42. The van der Waals surface area contributed by atoms with Gasteiger partial charge in [-0.2, -0.15) is 26.9 Å². The molecule has 0 saturated heterocycles. The number of amides is 1. The van der Waals surface area contributed by atoms with Crippen LogP contribution >= 0.6 is 0 Å². The van der Waals surface area contributed by atoms with Gasteiger partial charge in [0.05, 0.1) is 30.2 Å². The van der Waals surface area contributed by atoms with Gasteiger partial charge in [0, 0.05) is 36.9 Å². The third-order valence-electron chi connectivity index (χ3n) is 6.37. The summed E-state index contributed by atoms with van der Waals surface area (Å²) in [6.07, 6.45) is -7.60. The van der Waals surface area contributed by atoms with Crippen molar-refractivity contribution in [2.75, 3.05) is 26.0 Å². The van der Waals surface area contributed by atoms with E-state index in [1.807, 2.05) is 5.32 Å². The summed E-state index contributed by atoms with van der Waals surface area (Å²) >= 11 is 0. The van der Waals surface area contributed by atoms with Gasteiger partial charge in [0.2, 0.25) is 5.71 Å². The van der Waals surface area contributed by atoms with Gasteiger partial charge in [-0.05, 0) is 53.4 Å². The van der Waals surface area contributed by atoms with E-state index in [4.69, 9.17) is 21.5 Å². The number of carbonyl (C=O) groups excluding carboxylic acids is 2. The SMILES string of the molecule is [2H]C([2H])([2H])C(CC(=O)c1cc(-c2cc3c(C(=O)NC)c(-c4ccc(F)cc4)oc3nc2NCC(F)(F)C(F)(F)F)ccc1OC)(C([2H])([2H])[2H])C([2H])([2H])[2H]. The quantitative estimate of drug-likeness (QED) is 0.144. The van der Waals surface area contributed by atoms with Crippen molar-refractivity contribution in [2.45, 2.75) is 39.1 Å². The van der Waals surface area contributed by atoms with Crippen molar-refractivity contribution in [3.8, 4) is 28.2 Å². The minimum absolute atomic E-state index is 0.137. The minimum atomic E-state index is -6.00. The van der Waals surface area contributed by atoms with Crippen LogP contribution in [-0.2, 0) is 0 Å². The summed E-state index contributed by atoms with van der Waals surface area (Å²) in [4.78, 5) is 31.0. The summed E-state index contributed by atoms with van der Waals surface area (Å²) in [6.45, 7) is -13.3. The molecule has 2 aromatic carbocycles. The van der Waals surface area contributed by atoms with E-state index in [-0.39, 0.29) is 39.1 Å². The van der Waals surface area contributed by atoms with E-state index < -0.39 is 85.6 Å². The van der Waals surface area contributed by atoms with E-state index in [1.54, 1.807) is 0 Å². The van der Waals surface area contributed by atoms with Gasteiger partial charge in [0.1, 0.15) is 23.1 Å². The number of anilines is 1. The Kier molecular flexibility index (Phi) is 5.94. The maximum atomic E-state index is 14.1. The van der Waals surface area contributed by atoms with Crippen LogP contribution < -0.4 is 15.4 Å². The van der Waals surface area contributed by atoms with Crippen LogP contribution in [0.1, 0.15) is 60.0 Å². The molecule has 234 valence electrons. The average Bonchev–Trinajstić information content (AvgIpc) is 3.41. The van der Waals surface area contributed by atoms with E-state index in [1.165, 1.54) is 25.2 Å². The number of benzene rings is 2. The molecule has 4 aromatic rings. The fraction of sp³-hybridized carbons (Fsp3) is 0.323. The van der Waals surface area contributed by atoms with Crippen molar-refractivity contribution in [1.82, 2.24) is 10.3 Å². The number of fused-ring (bicyclic) bond motifs is 1. The Morgan fingerprint density at radius 3 is 2.25 bits per heavy atom. The molecular weight excluding hydrogens is 592 g/mol. The number of methoxy groups -OCH3 is 1. The average molecular weight is 631 g/mol. The maximum Gasteiger partial charge on any atom is 0.455 e. The number of ketones is 1. The Morgan fingerprint density at radius 1 is 1.00 bits per heavy atom. The Bertz CT molecular complexity index is 1990. The van der Waals surface area contributed by atoms with Crippen LogP contribution in [0, 0.1) is 11.2 Å². The predicted molar refractivity (Wildman–Crippen MR) is 153 cm³/mol. The first-order valence-corrected chi connectivity index (χ1v) is 12.6. The van der Waals surface area contributed by atoms with Gasteiger partial charge in [-0.15, -0.1) is 0 Å². The molecular formula is C31H29F6N3O4. The molecule has 0 unspecified atom stereocenters. The zero-order valence-electron chi connectivity index (χ0n) is 31.9. The second-order valence-corrected chi connectivity index (χ2v) is 9.61. The third kappa shape index (κ3) is 6.66. The highest BCUT2D eigenvalue weighted by Gasteiger charge is 2.57. The zero-order valence-corrected chi connectivity index (χ0v) is 22.9. The van der Waals surface area contributed by atoms with Crippen molar-refractivity contribution in [2.24, 2.45) is 5.41 Å². The fourth-order valence-corrected chi connectivity index (χ4v) is 4.26. The smallest absolute Gasteiger partial charge is 0.455 e. The lowest BCUT2D eigenvalue weighted by molar-refractivity contribution is -0.275. The van der Waals surface area contributed by atoms with E-state index in [0.29, 0.717) is 0 Å². The molecule has 0 bridgehead atoms. The van der Waals surface area contributed by atoms with Crippen molar-refractivity contribution in [1.29, 1.82) is 0 Å². The molecule has 4 rings (SSSR count). The molecule has 0 atom stereocenters. The number of alkyl halides is 5. The normalized spacial score (nSPS) is 16.2. The largest absolute Gasteiger partial charge is 0.496 e. The van der Waals surface area contributed by atoms with Gasteiger partial charge in [0.15, 0.2) is 5.78 Å². The van der Waals surface area contributed by atoms with Crippen LogP contribution in [0.15, 0.2) is 52.9 Å². The molecule has 0 saturated carbocycles. The van der Waals surface area contributed by atoms with E-state index in [0.717, 1.165) is 37.4 Å². The molecule has 0 spiro atoms.